The number of ether oxygens (including phenoxy) is 1. The second-order valence-corrected chi connectivity index (χ2v) is 8.60. The number of halogens is 3. The Hall–Kier alpha value is -2.92. The Morgan fingerprint density at radius 1 is 1.13 bits per heavy atom. The van der Waals surface area contributed by atoms with Gasteiger partial charge in [0.25, 0.3) is 0 Å². The molecule has 0 aliphatic heterocycles. The molecule has 0 aliphatic rings. The molecule has 1 heterocycles. The van der Waals surface area contributed by atoms with Crippen LogP contribution in [0, 0.1) is 0 Å². The van der Waals surface area contributed by atoms with Gasteiger partial charge in [-0.1, -0.05) is 30.3 Å². The number of rotatable bonds is 8. The maximum absolute atomic E-state index is 12.5. The summed E-state index contributed by atoms with van der Waals surface area (Å²) in [6.45, 7) is -1.85. The summed E-state index contributed by atoms with van der Waals surface area (Å²) in [6.07, 6.45) is -2.22. The third kappa shape index (κ3) is 6.04. The molecule has 0 radical (unpaired) electrons. The van der Waals surface area contributed by atoms with Crippen LogP contribution >= 0.6 is 0 Å². The first-order valence-corrected chi connectivity index (χ1v) is 10.5. The van der Waals surface area contributed by atoms with Crippen LogP contribution < -0.4 is 5.32 Å². The fraction of sp³-hybridized carbons (Fsp3) is 0.263. The Balaban J connectivity index is 1.53. The third-order valence-corrected chi connectivity index (χ3v) is 5.80. The van der Waals surface area contributed by atoms with Crippen LogP contribution in [0.2, 0.25) is 0 Å². The van der Waals surface area contributed by atoms with Gasteiger partial charge in [0.1, 0.15) is 13.3 Å². The highest BCUT2D eigenvalue weighted by Gasteiger charge is 2.27. The van der Waals surface area contributed by atoms with E-state index in [0.29, 0.717) is 0 Å². The van der Waals surface area contributed by atoms with Crippen molar-refractivity contribution < 1.29 is 31.1 Å². The molecule has 2 aromatic carbocycles. The van der Waals surface area contributed by atoms with Crippen molar-refractivity contribution in [3.8, 4) is 0 Å². The maximum atomic E-state index is 12.5. The average Bonchev–Trinajstić information content (AvgIpc) is 3.12. The number of anilines is 1. The fourth-order valence-corrected chi connectivity index (χ4v) is 3.95. The van der Waals surface area contributed by atoms with Crippen molar-refractivity contribution >= 4 is 32.2 Å². The van der Waals surface area contributed by atoms with Gasteiger partial charge in [-0.05, 0) is 22.9 Å². The van der Waals surface area contributed by atoms with Crippen LogP contribution in [-0.4, -0.2) is 42.6 Å². The van der Waals surface area contributed by atoms with Gasteiger partial charge in [-0.25, -0.2) is 13.1 Å². The number of hydrogen-bond donors (Lipinski definition) is 1. The van der Waals surface area contributed by atoms with E-state index in [9.17, 15) is 26.4 Å². The van der Waals surface area contributed by atoms with E-state index >= 15 is 0 Å². The van der Waals surface area contributed by atoms with Gasteiger partial charge < -0.3 is 10.1 Å². The average molecular weight is 441 g/mol. The summed E-state index contributed by atoms with van der Waals surface area (Å²) in [5.74, 6) is -0.949. The second-order valence-electron chi connectivity index (χ2n) is 6.49. The molecule has 3 aromatic rings. The summed E-state index contributed by atoms with van der Waals surface area (Å²) in [6, 6.07) is 12.1. The minimum absolute atomic E-state index is 0.128. The highest BCUT2D eigenvalue weighted by Crippen LogP contribution is 2.20. The van der Waals surface area contributed by atoms with Gasteiger partial charge in [-0.3, -0.25) is 4.79 Å². The molecule has 1 aromatic heterocycles. The van der Waals surface area contributed by atoms with Gasteiger partial charge in [0.2, 0.25) is 5.91 Å². The second kappa shape index (κ2) is 8.84. The van der Waals surface area contributed by atoms with E-state index in [1.807, 2.05) is 12.1 Å². The summed E-state index contributed by atoms with van der Waals surface area (Å²) in [4.78, 5) is 12.2. The lowest BCUT2D eigenvalue weighted by Crippen LogP contribution is -2.18. The summed E-state index contributed by atoms with van der Waals surface area (Å²) in [7, 11) is -3.67. The first-order valence-electron chi connectivity index (χ1n) is 8.81. The molecule has 0 unspecified atom stereocenters. The number of carbonyl (C=O) groups excluding carboxylic acids is 1. The van der Waals surface area contributed by atoms with Crippen LogP contribution in [0.15, 0.2) is 59.8 Å². The van der Waals surface area contributed by atoms with Gasteiger partial charge in [0.15, 0.2) is 9.84 Å². The normalized spacial score (nSPS) is 12.2. The number of alkyl halides is 3. The first-order chi connectivity index (χ1) is 14.1. The van der Waals surface area contributed by atoms with Crippen molar-refractivity contribution in [2.45, 2.75) is 24.2 Å². The van der Waals surface area contributed by atoms with Crippen molar-refractivity contribution in [3.63, 3.8) is 0 Å². The lowest BCUT2D eigenvalue weighted by atomic mass is 10.1. The predicted octanol–water partition coefficient (Wildman–Crippen LogP) is 3.38. The molecule has 7 nitrogen and oxygen atoms in total. The number of benzene rings is 2. The van der Waals surface area contributed by atoms with E-state index < -0.39 is 35.3 Å². The number of fused-ring (bicyclic) bond motifs is 1. The molecule has 0 atom stereocenters. The third-order valence-electron chi connectivity index (χ3n) is 4.08. The molecular weight excluding hydrogens is 423 g/mol. The molecule has 0 saturated carbocycles. The standard InChI is InChI=1S/C19H18F3N3O4S/c20-19(21,22)12-29-13-25-11-16(10-23-25)24-18(26)7-8-30(27,28)17-6-5-14-3-1-2-4-15(14)9-17/h1-6,9-11H,7-8,12-13H2,(H,24,26). The van der Waals surface area contributed by atoms with Gasteiger partial charge >= 0.3 is 6.18 Å². The molecule has 0 aliphatic carbocycles. The molecule has 30 heavy (non-hydrogen) atoms. The van der Waals surface area contributed by atoms with Crippen molar-refractivity contribution in [2.24, 2.45) is 0 Å². The lowest BCUT2D eigenvalue weighted by Gasteiger charge is -2.07. The first kappa shape index (κ1) is 21.8. The molecule has 1 N–H and O–H groups in total. The highest BCUT2D eigenvalue weighted by molar-refractivity contribution is 7.91. The smallest absolute Gasteiger partial charge is 0.350 e. The number of amides is 1. The number of aromatic nitrogens is 2. The van der Waals surface area contributed by atoms with E-state index in [1.165, 1.54) is 18.5 Å². The fourth-order valence-electron chi connectivity index (χ4n) is 2.68. The zero-order valence-electron chi connectivity index (χ0n) is 15.6. The number of carbonyl (C=O) groups is 1. The van der Waals surface area contributed by atoms with Crippen LogP contribution in [0.25, 0.3) is 10.8 Å². The molecular formula is C19H18F3N3O4S. The molecule has 0 fully saturated rings. The van der Waals surface area contributed by atoms with Crippen molar-refractivity contribution in [3.05, 3.63) is 54.9 Å². The van der Waals surface area contributed by atoms with E-state index in [0.717, 1.165) is 15.5 Å². The van der Waals surface area contributed by atoms with Gasteiger partial charge in [-0.15, -0.1) is 0 Å². The zero-order chi connectivity index (χ0) is 21.8. The van der Waals surface area contributed by atoms with Crippen molar-refractivity contribution in [1.29, 1.82) is 0 Å². The van der Waals surface area contributed by atoms with Crippen LogP contribution in [-0.2, 0) is 26.1 Å². The Labute approximate surface area is 170 Å². The van der Waals surface area contributed by atoms with Crippen LogP contribution in [0.5, 0.6) is 0 Å². The van der Waals surface area contributed by atoms with Gasteiger partial charge in [0, 0.05) is 6.42 Å². The van der Waals surface area contributed by atoms with E-state index in [1.54, 1.807) is 24.3 Å². The summed E-state index contributed by atoms with van der Waals surface area (Å²) < 4.78 is 66.8. The van der Waals surface area contributed by atoms with Crippen molar-refractivity contribution in [1.82, 2.24) is 9.78 Å². The largest absolute Gasteiger partial charge is 0.411 e. The van der Waals surface area contributed by atoms with E-state index in [-0.39, 0.29) is 22.8 Å². The van der Waals surface area contributed by atoms with Crippen LogP contribution in [0.1, 0.15) is 6.42 Å². The summed E-state index contributed by atoms with van der Waals surface area (Å²) in [5, 5.41) is 7.91. The molecule has 1 amide bonds. The van der Waals surface area contributed by atoms with E-state index in [4.69, 9.17) is 0 Å². The molecule has 3 rings (SSSR count). The number of nitrogens with zero attached hydrogens (tertiary/aromatic N) is 2. The molecule has 0 bridgehead atoms. The molecule has 11 heteroatoms. The minimum Gasteiger partial charge on any atom is -0.350 e. The number of nitrogens with one attached hydrogen (secondary N) is 1. The molecule has 0 saturated heterocycles. The van der Waals surface area contributed by atoms with E-state index in [2.05, 4.69) is 15.2 Å². The predicted molar refractivity (Wildman–Crippen MR) is 103 cm³/mol. The quantitative estimate of drug-likeness (QED) is 0.579. The Morgan fingerprint density at radius 3 is 2.60 bits per heavy atom. The maximum Gasteiger partial charge on any atom is 0.411 e. The minimum atomic E-state index is -4.44. The molecule has 160 valence electrons. The topological polar surface area (TPSA) is 90.3 Å². The van der Waals surface area contributed by atoms with Crippen LogP contribution in [0.3, 0.4) is 0 Å². The summed E-state index contributed by atoms with van der Waals surface area (Å²) >= 11 is 0. The zero-order valence-corrected chi connectivity index (χ0v) is 16.4. The van der Waals surface area contributed by atoms with Crippen LogP contribution in [0.4, 0.5) is 18.9 Å². The number of hydrogen-bond acceptors (Lipinski definition) is 5. The lowest BCUT2D eigenvalue weighted by molar-refractivity contribution is -0.182. The Bertz CT molecular complexity index is 1140. The SMILES string of the molecule is O=C(CCS(=O)(=O)c1ccc2ccccc2c1)Nc1cnn(COCC(F)(F)F)c1. The van der Waals surface area contributed by atoms with Gasteiger partial charge in [-0.2, -0.15) is 18.3 Å². The monoisotopic (exact) mass is 441 g/mol. The Kier molecular flexibility index (Phi) is 6.42. The van der Waals surface area contributed by atoms with Crippen molar-refractivity contribution in [2.75, 3.05) is 17.7 Å². The summed E-state index contributed by atoms with van der Waals surface area (Å²) in [5.41, 5.74) is 0.221. The number of sulfone groups is 1. The van der Waals surface area contributed by atoms with Gasteiger partial charge in [0.05, 0.1) is 28.7 Å². The highest BCUT2D eigenvalue weighted by atomic mass is 32.2. The molecule has 0 spiro atoms. The Morgan fingerprint density at radius 2 is 1.87 bits per heavy atom.